The Hall–Kier alpha value is -1.59. The smallest absolute Gasteiger partial charge is 0.263 e. The Morgan fingerprint density at radius 2 is 2.13 bits per heavy atom. The number of carbonyl (C=O) groups excluding carboxylic acids is 1. The quantitative estimate of drug-likeness (QED) is 0.867. The monoisotopic (exact) mass is 320 g/mol. The minimum atomic E-state index is -0.528. The molecule has 1 atom stereocenters. The zero-order chi connectivity index (χ0) is 16.8. The molecule has 1 aliphatic heterocycles. The highest BCUT2D eigenvalue weighted by atomic mass is 16.5. The van der Waals surface area contributed by atoms with E-state index in [-0.39, 0.29) is 12.5 Å². The van der Waals surface area contributed by atoms with Crippen molar-refractivity contribution in [2.24, 2.45) is 5.92 Å². The second kappa shape index (κ2) is 8.31. The highest BCUT2D eigenvalue weighted by Crippen LogP contribution is 2.19. The molecule has 1 aromatic rings. The van der Waals surface area contributed by atoms with Gasteiger partial charge in [0, 0.05) is 13.6 Å². The van der Waals surface area contributed by atoms with Crippen molar-refractivity contribution in [2.45, 2.75) is 32.5 Å². The summed E-state index contributed by atoms with van der Waals surface area (Å²) >= 11 is 0. The molecule has 5 heteroatoms. The molecule has 0 aromatic heterocycles. The van der Waals surface area contributed by atoms with E-state index in [9.17, 15) is 4.79 Å². The van der Waals surface area contributed by atoms with E-state index >= 15 is 0 Å². The average Bonchev–Trinajstić information content (AvgIpc) is 2.56. The average molecular weight is 320 g/mol. The lowest BCUT2D eigenvalue weighted by molar-refractivity contribution is -0.137. The molecular weight excluding hydrogens is 292 g/mol. The Balaban J connectivity index is 1.85. The summed E-state index contributed by atoms with van der Waals surface area (Å²) in [7, 11) is 3.99. The van der Waals surface area contributed by atoms with Gasteiger partial charge in [0.1, 0.15) is 5.75 Å². The van der Waals surface area contributed by atoms with Crippen molar-refractivity contribution in [3.05, 3.63) is 29.8 Å². The number of ether oxygens (including phenoxy) is 1. The molecule has 1 amide bonds. The van der Waals surface area contributed by atoms with Gasteiger partial charge in [-0.1, -0.05) is 12.1 Å². The largest absolute Gasteiger partial charge is 0.481 e. The summed E-state index contributed by atoms with van der Waals surface area (Å²) in [6.45, 7) is 4.74. The lowest BCUT2D eigenvalue weighted by Crippen LogP contribution is -2.42. The summed E-state index contributed by atoms with van der Waals surface area (Å²) in [5.74, 6) is 1.19. The van der Waals surface area contributed by atoms with Crippen molar-refractivity contribution in [1.29, 1.82) is 0 Å². The van der Waals surface area contributed by atoms with Gasteiger partial charge >= 0.3 is 0 Å². The fourth-order valence-corrected chi connectivity index (χ4v) is 3.00. The Labute approximate surface area is 138 Å². The predicted molar refractivity (Wildman–Crippen MR) is 90.3 cm³/mol. The van der Waals surface area contributed by atoms with E-state index < -0.39 is 6.10 Å². The molecule has 128 valence electrons. The van der Waals surface area contributed by atoms with Gasteiger partial charge in [-0.05, 0) is 63.5 Å². The molecule has 5 nitrogen and oxygen atoms in total. The van der Waals surface area contributed by atoms with Crippen LogP contribution in [0.2, 0.25) is 0 Å². The SMILES string of the molecule is CC(Oc1cccc(CO)c1)C(=O)N(C)CC1CCN(C)CC1. The number of aliphatic hydroxyl groups excluding tert-OH is 1. The Morgan fingerprint density at radius 1 is 1.43 bits per heavy atom. The third kappa shape index (κ3) is 5.22. The molecule has 1 unspecified atom stereocenters. The van der Waals surface area contributed by atoms with Crippen LogP contribution < -0.4 is 4.74 Å². The van der Waals surface area contributed by atoms with Gasteiger partial charge in [0.05, 0.1) is 6.61 Å². The second-order valence-corrected chi connectivity index (χ2v) is 6.53. The normalized spacial score (nSPS) is 17.7. The molecule has 0 saturated carbocycles. The highest BCUT2D eigenvalue weighted by molar-refractivity contribution is 5.80. The first-order valence-electron chi connectivity index (χ1n) is 8.29. The van der Waals surface area contributed by atoms with Crippen LogP contribution in [0.5, 0.6) is 5.75 Å². The van der Waals surface area contributed by atoms with Crippen LogP contribution in [-0.4, -0.2) is 60.6 Å². The summed E-state index contributed by atoms with van der Waals surface area (Å²) in [6, 6.07) is 7.21. The van der Waals surface area contributed by atoms with Gasteiger partial charge in [-0.2, -0.15) is 0 Å². The fourth-order valence-electron chi connectivity index (χ4n) is 3.00. The predicted octanol–water partition coefficient (Wildman–Crippen LogP) is 1.75. The maximum absolute atomic E-state index is 12.5. The molecule has 0 bridgehead atoms. The van der Waals surface area contributed by atoms with Crippen molar-refractivity contribution in [3.63, 3.8) is 0 Å². The molecule has 1 saturated heterocycles. The van der Waals surface area contributed by atoms with E-state index in [0.717, 1.165) is 38.0 Å². The van der Waals surface area contributed by atoms with Gasteiger partial charge in [0.15, 0.2) is 6.10 Å². The van der Waals surface area contributed by atoms with Gasteiger partial charge in [-0.25, -0.2) is 0 Å². The number of hydrogen-bond acceptors (Lipinski definition) is 4. The van der Waals surface area contributed by atoms with E-state index in [1.54, 1.807) is 24.0 Å². The first kappa shape index (κ1) is 17.8. The first-order valence-corrected chi connectivity index (χ1v) is 8.29. The van der Waals surface area contributed by atoms with Crippen molar-refractivity contribution < 1.29 is 14.6 Å². The van der Waals surface area contributed by atoms with Crippen molar-refractivity contribution in [3.8, 4) is 5.75 Å². The van der Waals surface area contributed by atoms with E-state index in [2.05, 4.69) is 11.9 Å². The molecule has 0 radical (unpaired) electrons. The molecule has 1 aromatic carbocycles. The van der Waals surface area contributed by atoms with Gasteiger partial charge in [-0.15, -0.1) is 0 Å². The summed E-state index contributed by atoms with van der Waals surface area (Å²) in [5, 5.41) is 9.16. The summed E-state index contributed by atoms with van der Waals surface area (Å²) < 4.78 is 5.74. The number of carbonyl (C=O) groups is 1. The molecule has 2 rings (SSSR count). The van der Waals surface area contributed by atoms with Gasteiger partial charge in [0.2, 0.25) is 0 Å². The standard InChI is InChI=1S/C18H28N2O3/c1-14(23-17-6-4-5-16(11-17)13-21)18(22)20(3)12-15-7-9-19(2)10-8-15/h4-6,11,14-15,21H,7-10,12-13H2,1-3H3. The molecule has 1 fully saturated rings. The number of aliphatic hydroxyl groups is 1. The number of likely N-dealkylation sites (tertiary alicyclic amines) is 1. The first-order chi connectivity index (χ1) is 11.0. The molecular formula is C18H28N2O3. The lowest BCUT2D eigenvalue weighted by Gasteiger charge is -2.32. The number of benzene rings is 1. The third-order valence-electron chi connectivity index (χ3n) is 4.49. The fraction of sp³-hybridized carbons (Fsp3) is 0.611. The van der Waals surface area contributed by atoms with E-state index in [1.165, 1.54) is 0 Å². The molecule has 0 aliphatic carbocycles. The molecule has 0 spiro atoms. The Bertz CT molecular complexity index is 513. The van der Waals surface area contributed by atoms with Crippen LogP contribution in [0.3, 0.4) is 0 Å². The maximum Gasteiger partial charge on any atom is 0.263 e. The lowest BCUT2D eigenvalue weighted by atomic mass is 9.96. The Morgan fingerprint density at radius 3 is 2.78 bits per heavy atom. The number of rotatable bonds is 6. The Kier molecular flexibility index (Phi) is 6.42. The number of amides is 1. The summed E-state index contributed by atoms with van der Waals surface area (Å²) in [6.07, 6.45) is 1.75. The zero-order valence-corrected chi connectivity index (χ0v) is 14.4. The third-order valence-corrected chi connectivity index (χ3v) is 4.49. The molecule has 23 heavy (non-hydrogen) atoms. The molecule has 1 aliphatic rings. The van der Waals surface area contributed by atoms with Crippen molar-refractivity contribution >= 4 is 5.91 Å². The van der Waals surface area contributed by atoms with Crippen molar-refractivity contribution in [2.75, 3.05) is 33.7 Å². The van der Waals surface area contributed by atoms with E-state index in [1.807, 2.05) is 19.2 Å². The number of piperidine rings is 1. The second-order valence-electron chi connectivity index (χ2n) is 6.53. The van der Waals surface area contributed by atoms with Crippen molar-refractivity contribution in [1.82, 2.24) is 9.80 Å². The van der Waals surface area contributed by atoms with E-state index in [0.29, 0.717) is 11.7 Å². The van der Waals surface area contributed by atoms with Gasteiger partial charge in [-0.3, -0.25) is 4.79 Å². The summed E-state index contributed by atoms with van der Waals surface area (Å²) in [4.78, 5) is 16.6. The van der Waals surface area contributed by atoms with Gasteiger partial charge < -0.3 is 19.6 Å². The topological polar surface area (TPSA) is 53.0 Å². The van der Waals surface area contributed by atoms with Crippen LogP contribution in [-0.2, 0) is 11.4 Å². The number of hydrogen-bond donors (Lipinski definition) is 1. The summed E-state index contributed by atoms with van der Waals surface area (Å²) in [5.41, 5.74) is 0.779. The highest BCUT2D eigenvalue weighted by Gasteiger charge is 2.24. The maximum atomic E-state index is 12.5. The van der Waals surface area contributed by atoms with Crippen LogP contribution in [0.1, 0.15) is 25.3 Å². The van der Waals surface area contributed by atoms with Crippen LogP contribution in [0.15, 0.2) is 24.3 Å². The minimum absolute atomic E-state index is 0.00155. The van der Waals surface area contributed by atoms with Crippen LogP contribution in [0, 0.1) is 5.92 Å². The van der Waals surface area contributed by atoms with Gasteiger partial charge in [0.25, 0.3) is 5.91 Å². The van der Waals surface area contributed by atoms with Crippen LogP contribution in [0.4, 0.5) is 0 Å². The zero-order valence-electron chi connectivity index (χ0n) is 14.4. The molecule has 1 N–H and O–H groups in total. The number of nitrogens with zero attached hydrogens (tertiary/aromatic N) is 2. The van der Waals surface area contributed by atoms with E-state index in [4.69, 9.17) is 9.84 Å². The minimum Gasteiger partial charge on any atom is -0.481 e. The van der Waals surface area contributed by atoms with Crippen LogP contribution >= 0.6 is 0 Å². The van der Waals surface area contributed by atoms with Crippen LogP contribution in [0.25, 0.3) is 0 Å². The number of likely N-dealkylation sites (N-methyl/N-ethyl adjacent to an activating group) is 1. The molecule has 1 heterocycles.